The van der Waals surface area contributed by atoms with Gasteiger partial charge in [-0.1, -0.05) is 24.3 Å². The zero-order valence-electron chi connectivity index (χ0n) is 14.2. The lowest BCUT2D eigenvalue weighted by atomic mass is 10.1. The second kappa shape index (κ2) is 5.79. The van der Waals surface area contributed by atoms with Crippen molar-refractivity contribution in [2.75, 3.05) is 7.05 Å². The molecule has 0 saturated heterocycles. The molecular formula is C18H21N5S. The first-order chi connectivity index (χ1) is 11.5. The van der Waals surface area contributed by atoms with Crippen molar-refractivity contribution in [2.45, 2.75) is 39.4 Å². The van der Waals surface area contributed by atoms with Crippen molar-refractivity contribution >= 4 is 18.0 Å². The first-order valence-electron chi connectivity index (χ1n) is 8.26. The Kier molecular flexibility index (Phi) is 3.73. The maximum absolute atomic E-state index is 5.63. The van der Waals surface area contributed by atoms with Crippen LogP contribution >= 0.6 is 12.2 Å². The number of aryl methyl sites for hydroxylation is 3. The monoisotopic (exact) mass is 339 g/mol. The van der Waals surface area contributed by atoms with Crippen molar-refractivity contribution in [3.63, 3.8) is 0 Å². The van der Waals surface area contributed by atoms with Gasteiger partial charge in [0.05, 0.1) is 6.67 Å². The van der Waals surface area contributed by atoms with Crippen LogP contribution in [-0.2, 0) is 13.1 Å². The lowest BCUT2D eigenvalue weighted by Gasteiger charge is -2.24. The zero-order valence-corrected chi connectivity index (χ0v) is 15.0. The van der Waals surface area contributed by atoms with Gasteiger partial charge in [-0.25, -0.2) is 9.67 Å². The van der Waals surface area contributed by atoms with Crippen molar-refractivity contribution in [3.05, 3.63) is 57.6 Å². The molecule has 0 N–H and O–H groups in total. The molecule has 4 rings (SSSR count). The zero-order chi connectivity index (χ0) is 16.8. The number of hydrogen-bond donors (Lipinski definition) is 0. The highest BCUT2D eigenvalue weighted by Gasteiger charge is 2.26. The van der Waals surface area contributed by atoms with Crippen LogP contribution in [0.25, 0.3) is 5.78 Å². The molecule has 2 aromatic heterocycles. The van der Waals surface area contributed by atoms with E-state index in [1.807, 2.05) is 29.0 Å². The van der Waals surface area contributed by atoms with E-state index in [4.69, 9.17) is 12.2 Å². The van der Waals surface area contributed by atoms with Gasteiger partial charge in [0.1, 0.15) is 0 Å². The Balaban J connectivity index is 1.67. The largest absolute Gasteiger partial charge is 0.280 e. The fourth-order valence-corrected chi connectivity index (χ4v) is 4.05. The van der Waals surface area contributed by atoms with Gasteiger partial charge in [-0.15, -0.1) is 5.10 Å². The molecular weight excluding hydrogens is 318 g/mol. The van der Waals surface area contributed by atoms with Gasteiger partial charge in [0.2, 0.25) is 4.77 Å². The standard InChI is InChI=1S/C18H21N5S/c1-12-10-13(2)23-17(19-12)20-22(18(23)24)11-21(3)16-9-8-14-6-4-5-7-15(14)16/h4-7,10,16H,8-9,11H2,1-3H3. The Bertz CT molecular complexity index is 971. The molecule has 0 bridgehead atoms. The first-order valence-corrected chi connectivity index (χ1v) is 8.67. The van der Waals surface area contributed by atoms with Crippen LogP contribution < -0.4 is 0 Å². The second-order valence-corrected chi connectivity index (χ2v) is 6.97. The summed E-state index contributed by atoms with van der Waals surface area (Å²) in [6, 6.07) is 11.2. The van der Waals surface area contributed by atoms with Gasteiger partial charge in [-0.3, -0.25) is 9.30 Å². The molecule has 1 aromatic carbocycles. The van der Waals surface area contributed by atoms with Gasteiger partial charge in [0.15, 0.2) is 0 Å². The number of aromatic nitrogens is 4. The van der Waals surface area contributed by atoms with Gasteiger partial charge in [0, 0.05) is 17.4 Å². The van der Waals surface area contributed by atoms with E-state index in [-0.39, 0.29) is 0 Å². The van der Waals surface area contributed by atoms with E-state index >= 15 is 0 Å². The fourth-order valence-electron chi connectivity index (χ4n) is 3.73. The number of nitrogens with zero attached hydrogens (tertiary/aromatic N) is 5. The van der Waals surface area contributed by atoms with Crippen LogP contribution in [0.15, 0.2) is 30.3 Å². The average molecular weight is 339 g/mol. The molecule has 0 amide bonds. The summed E-state index contributed by atoms with van der Waals surface area (Å²) in [4.78, 5) is 6.83. The third kappa shape index (κ3) is 2.46. The molecule has 3 aromatic rings. The quantitative estimate of drug-likeness (QED) is 0.685. The molecule has 0 fully saturated rings. The topological polar surface area (TPSA) is 38.4 Å². The Hall–Kier alpha value is -2.05. The summed E-state index contributed by atoms with van der Waals surface area (Å²) in [6.07, 6.45) is 2.29. The molecule has 1 aliphatic rings. The van der Waals surface area contributed by atoms with Gasteiger partial charge in [-0.2, -0.15) is 0 Å². The van der Waals surface area contributed by atoms with Crippen LogP contribution in [0.5, 0.6) is 0 Å². The van der Waals surface area contributed by atoms with Gasteiger partial charge in [-0.05, 0) is 63.1 Å². The van der Waals surface area contributed by atoms with Crippen LogP contribution in [-0.4, -0.2) is 31.1 Å². The van der Waals surface area contributed by atoms with E-state index in [9.17, 15) is 0 Å². The van der Waals surface area contributed by atoms with Crippen LogP contribution in [0.4, 0.5) is 0 Å². The molecule has 24 heavy (non-hydrogen) atoms. The van der Waals surface area contributed by atoms with Crippen LogP contribution in [0.3, 0.4) is 0 Å². The van der Waals surface area contributed by atoms with E-state index in [0.717, 1.165) is 24.2 Å². The molecule has 1 aliphatic carbocycles. The summed E-state index contributed by atoms with van der Waals surface area (Å²) >= 11 is 5.63. The highest BCUT2D eigenvalue weighted by atomic mass is 32.1. The predicted octanol–water partition coefficient (Wildman–Crippen LogP) is 3.45. The van der Waals surface area contributed by atoms with E-state index in [0.29, 0.717) is 23.3 Å². The smallest absolute Gasteiger partial charge is 0.254 e. The number of benzene rings is 1. The summed E-state index contributed by atoms with van der Waals surface area (Å²) in [6.45, 7) is 4.69. The fraction of sp³-hybridized carbons (Fsp3) is 0.389. The van der Waals surface area contributed by atoms with Gasteiger partial charge >= 0.3 is 0 Å². The van der Waals surface area contributed by atoms with Crippen LogP contribution in [0, 0.1) is 18.6 Å². The molecule has 0 saturated carbocycles. The third-order valence-electron chi connectivity index (χ3n) is 4.86. The minimum atomic E-state index is 0.420. The number of rotatable bonds is 3. The lowest BCUT2D eigenvalue weighted by molar-refractivity contribution is 0.182. The summed E-state index contributed by atoms with van der Waals surface area (Å²) in [5.41, 5.74) is 4.93. The summed E-state index contributed by atoms with van der Waals surface area (Å²) in [7, 11) is 2.14. The molecule has 5 nitrogen and oxygen atoms in total. The Morgan fingerprint density at radius 2 is 2.08 bits per heavy atom. The van der Waals surface area contributed by atoms with Crippen molar-refractivity contribution < 1.29 is 0 Å². The minimum absolute atomic E-state index is 0.420. The normalized spacial score (nSPS) is 16.9. The Labute approximate surface area is 146 Å². The molecule has 1 atom stereocenters. The molecule has 6 heteroatoms. The van der Waals surface area contributed by atoms with E-state index in [1.165, 1.54) is 11.1 Å². The highest BCUT2D eigenvalue weighted by molar-refractivity contribution is 7.71. The minimum Gasteiger partial charge on any atom is -0.280 e. The summed E-state index contributed by atoms with van der Waals surface area (Å²) in [5, 5.41) is 4.62. The molecule has 0 spiro atoms. The number of hydrogen-bond acceptors (Lipinski definition) is 4. The van der Waals surface area contributed by atoms with Crippen LogP contribution in [0.2, 0.25) is 0 Å². The van der Waals surface area contributed by atoms with Crippen molar-refractivity contribution in [1.82, 2.24) is 24.1 Å². The molecule has 0 aliphatic heterocycles. The van der Waals surface area contributed by atoms with Gasteiger partial charge in [0.25, 0.3) is 5.78 Å². The third-order valence-corrected chi connectivity index (χ3v) is 5.25. The highest BCUT2D eigenvalue weighted by Crippen LogP contribution is 2.34. The van der Waals surface area contributed by atoms with Crippen molar-refractivity contribution in [2.24, 2.45) is 0 Å². The van der Waals surface area contributed by atoms with Gasteiger partial charge < -0.3 is 0 Å². The second-order valence-electron chi connectivity index (χ2n) is 6.61. The van der Waals surface area contributed by atoms with E-state index in [1.54, 1.807) is 0 Å². The van der Waals surface area contributed by atoms with Crippen molar-refractivity contribution in [1.29, 1.82) is 0 Å². The Morgan fingerprint density at radius 1 is 1.29 bits per heavy atom. The predicted molar refractivity (Wildman–Crippen MR) is 96.6 cm³/mol. The lowest BCUT2D eigenvalue weighted by Crippen LogP contribution is -2.26. The SMILES string of the molecule is Cc1cc(C)n2c(=S)n(CN(C)C3CCc4ccccc43)nc2n1. The number of fused-ring (bicyclic) bond motifs is 2. The first kappa shape index (κ1) is 15.5. The van der Waals surface area contributed by atoms with Crippen molar-refractivity contribution in [3.8, 4) is 0 Å². The van der Waals surface area contributed by atoms with E-state index < -0.39 is 0 Å². The Morgan fingerprint density at radius 3 is 2.92 bits per heavy atom. The molecule has 2 heterocycles. The summed E-state index contributed by atoms with van der Waals surface area (Å²) < 4.78 is 4.53. The maximum Gasteiger partial charge on any atom is 0.254 e. The van der Waals surface area contributed by atoms with Crippen LogP contribution in [0.1, 0.15) is 35.0 Å². The maximum atomic E-state index is 5.63. The average Bonchev–Trinajstić information content (AvgIpc) is 3.09. The molecule has 1 unspecified atom stereocenters. The molecule has 124 valence electrons. The molecule has 0 radical (unpaired) electrons. The summed E-state index contributed by atoms with van der Waals surface area (Å²) in [5.74, 6) is 0.678. The van der Waals surface area contributed by atoms with E-state index in [2.05, 4.69) is 46.3 Å².